The third-order valence-electron chi connectivity index (χ3n) is 18.8. The summed E-state index contributed by atoms with van der Waals surface area (Å²) in [5.41, 5.74) is 1.60. The maximum absolute atomic E-state index is 14.1. The molecule has 10 heteroatoms. The molecule has 3 aromatic carbocycles. The smallest absolute Gasteiger partial charge is 0.338 e. The average molecular weight is 941 g/mol. The van der Waals surface area contributed by atoms with Crippen LogP contribution in [0.25, 0.3) is 0 Å². The largest absolute Gasteiger partial charge is 0.461 e. The second kappa shape index (κ2) is 18.6. The van der Waals surface area contributed by atoms with Crippen LogP contribution >= 0.6 is 0 Å². The number of carbonyl (C=O) groups excluding carboxylic acids is 4. The average Bonchev–Trinajstić information content (AvgIpc) is 3.33. The van der Waals surface area contributed by atoms with Crippen LogP contribution < -0.4 is 0 Å². The minimum Gasteiger partial charge on any atom is -0.461 e. The van der Waals surface area contributed by atoms with E-state index >= 15 is 0 Å². The topological polar surface area (TPSA) is 124 Å². The Hall–Kier alpha value is -5.06. The van der Waals surface area contributed by atoms with Crippen molar-refractivity contribution in [2.45, 2.75) is 143 Å². The minimum atomic E-state index is -1.30. The van der Waals surface area contributed by atoms with Crippen molar-refractivity contribution in [2.24, 2.45) is 50.2 Å². The zero-order valence-electron chi connectivity index (χ0n) is 41.7. The van der Waals surface area contributed by atoms with E-state index in [4.69, 9.17) is 28.4 Å². The number of rotatable bonds is 11. The predicted molar refractivity (Wildman–Crippen MR) is 262 cm³/mol. The highest BCUT2D eigenvalue weighted by atomic mass is 16.7. The van der Waals surface area contributed by atoms with Crippen LogP contribution in [-0.4, -0.2) is 67.8 Å². The molecule has 0 bridgehead atoms. The fourth-order valence-corrected chi connectivity index (χ4v) is 14.8. The molecule has 3 aromatic rings. The third kappa shape index (κ3) is 8.59. The van der Waals surface area contributed by atoms with Crippen molar-refractivity contribution in [1.82, 2.24) is 0 Å². The molecule has 0 N–H and O–H groups in total. The summed E-state index contributed by atoms with van der Waals surface area (Å²) in [4.78, 5) is 55.7. The lowest BCUT2D eigenvalue weighted by molar-refractivity contribution is -0.306. The molecule has 0 spiro atoms. The molecule has 0 unspecified atom stereocenters. The van der Waals surface area contributed by atoms with Gasteiger partial charge in [-0.05, 0) is 145 Å². The van der Waals surface area contributed by atoms with Crippen molar-refractivity contribution in [3.05, 3.63) is 132 Å². The maximum Gasteiger partial charge on any atom is 0.338 e. The van der Waals surface area contributed by atoms with E-state index in [2.05, 4.69) is 61.1 Å². The minimum absolute atomic E-state index is 0.0101. The summed E-state index contributed by atoms with van der Waals surface area (Å²) in [6.45, 7) is 20.9. The zero-order valence-corrected chi connectivity index (χ0v) is 41.7. The molecule has 12 atom stereocenters. The van der Waals surface area contributed by atoms with E-state index in [-0.39, 0.29) is 64.2 Å². The lowest BCUT2D eigenvalue weighted by Gasteiger charge is -2.71. The molecule has 1 aliphatic heterocycles. The Labute approximate surface area is 408 Å². The van der Waals surface area contributed by atoms with E-state index in [1.807, 2.05) is 6.07 Å². The monoisotopic (exact) mass is 941 g/mol. The molecule has 368 valence electrons. The molecule has 5 fully saturated rings. The Kier molecular flexibility index (Phi) is 13.2. The number of allylic oxidation sites excluding steroid dienone is 2. The molecule has 5 aliphatic carbocycles. The Morgan fingerprint density at radius 3 is 1.83 bits per heavy atom. The van der Waals surface area contributed by atoms with Gasteiger partial charge in [-0.25, -0.2) is 14.4 Å². The Morgan fingerprint density at radius 2 is 1.23 bits per heavy atom. The summed E-state index contributed by atoms with van der Waals surface area (Å²) in [5.74, 6) is -1.15. The molecule has 0 aromatic heterocycles. The van der Waals surface area contributed by atoms with E-state index < -0.39 is 47.9 Å². The second-order valence-corrected chi connectivity index (χ2v) is 23.2. The molecular weight excluding hydrogens is 869 g/mol. The van der Waals surface area contributed by atoms with Gasteiger partial charge in [0.2, 0.25) is 0 Å². The standard InChI is InChI=1S/C59H72O10/c1-9-35-64-53(63)59-33-31-54(2,3)36-42(59)41-25-26-45-56(6)29-28-46(55(4,5)44(56)27-30-58(45,8)57(41,7)32-34-59)67-52-48(69-51(62)40-23-17-12-18-24-40)47(68-50(61)39-21-15-11-16-22-39)43(37-65-52)66-49(60)38-19-13-10-14-20-38/h9-25,42-48,52H,1,26-37H2,2-8H3/t42-,43-,44-,45+,46-,47-,48+,52-,56-,57+,58+,59-/m0/s1. The molecule has 9 rings (SSSR count). The first-order valence-electron chi connectivity index (χ1n) is 25.4. The van der Waals surface area contributed by atoms with Gasteiger partial charge in [0.05, 0.1) is 34.8 Å². The second-order valence-electron chi connectivity index (χ2n) is 23.2. The van der Waals surface area contributed by atoms with E-state index in [0.29, 0.717) is 22.6 Å². The van der Waals surface area contributed by atoms with Crippen LogP contribution in [0.2, 0.25) is 0 Å². The first kappa shape index (κ1) is 48.9. The van der Waals surface area contributed by atoms with Crippen molar-refractivity contribution in [3.63, 3.8) is 0 Å². The SMILES string of the molecule is C=CCOC(=O)[C@]12CCC(C)(C)C[C@H]1C1=CC[C@@H]3[C@@]4(C)CC[C@H](O[C@@H]5OC[C@H](OC(=O)c6ccccc6)[C@H](OC(=O)c6ccccc6)[C@H]5OC(=O)c5ccccc5)C(C)(C)[C@@H]4CC[C@@]3(C)[C@]1(C)CC2. The lowest BCUT2D eigenvalue weighted by atomic mass is 9.33. The van der Waals surface area contributed by atoms with Crippen LogP contribution in [0.5, 0.6) is 0 Å². The fourth-order valence-electron chi connectivity index (χ4n) is 14.8. The molecule has 69 heavy (non-hydrogen) atoms. The van der Waals surface area contributed by atoms with Gasteiger partial charge in [-0.15, -0.1) is 0 Å². The number of esters is 4. The number of benzene rings is 3. The highest BCUT2D eigenvalue weighted by molar-refractivity contribution is 5.91. The van der Waals surface area contributed by atoms with Crippen LogP contribution in [-0.2, 0) is 33.2 Å². The van der Waals surface area contributed by atoms with Gasteiger partial charge in [0.1, 0.15) is 6.61 Å². The van der Waals surface area contributed by atoms with Gasteiger partial charge in [0.25, 0.3) is 0 Å². The molecular formula is C59H72O10. The third-order valence-corrected chi connectivity index (χ3v) is 18.8. The van der Waals surface area contributed by atoms with Crippen molar-refractivity contribution < 1.29 is 47.6 Å². The number of fused-ring (bicyclic) bond motifs is 7. The van der Waals surface area contributed by atoms with Gasteiger partial charge >= 0.3 is 23.9 Å². The van der Waals surface area contributed by atoms with Gasteiger partial charge in [-0.2, -0.15) is 0 Å². The number of carbonyl (C=O) groups is 4. The summed E-state index contributed by atoms with van der Waals surface area (Å²) in [5, 5.41) is 0. The summed E-state index contributed by atoms with van der Waals surface area (Å²) >= 11 is 0. The Morgan fingerprint density at radius 1 is 0.667 bits per heavy atom. The van der Waals surface area contributed by atoms with Crippen molar-refractivity contribution in [1.29, 1.82) is 0 Å². The Balaban J connectivity index is 1.01. The van der Waals surface area contributed by atoms with E-state index in [1.54, 1.807) is 91.0 Å². The molecule has 1 saturated heterocycles. The molecule has 6 aliphatic rings. The summed E-state index contributed by atoms with van der Waals surface area (Å²) < 4.78 is 38.3. The van der Waals surface area contributed by atoms with Gasteiger partial charge in [-0.1, -0.05) is 127 Å². The molecule has 10 nitrogen and oxygen atoms in total. The van der Waals surface area contributed by atoms with E-state index in [1.165, 1.54) is 5.57 Å². The van der Waals surface area contributed by atoms with E-state index in [9.17, 15) is 19.2 Å². The van der Waals surface area contributed by atoms with Crippen molar-refractivity contribution >= 4 is 23.9 Å². The van der Waals surface area contributed by atoms with Crippen LogP contribution in [0, 0.1) is 50.2 Å². The van der Waals surface area contributed by atoms with Crippen molar-refractivity contribution in [3.8, 4) is 0 Å². The number of hydrogen-bond acceptors (Lipinski definition) is 10. The normalized spacial score (nSPS) is 36.3. The zero-order chi connectivity index (χ0) is 49.0. The Bertz CT molecular complexity index is 2430. The van der Waals surface area contributed by atoms with Crippen LogP contribution in [0.3, 0.4) is 0 Å². The van der Waals surface area contributed by atoms with Gasteiger partial charge in [-0.3, -0.25) is 4.79 Å². The first-order valence-corrected chi connectivity index (χ1v) is 25.4. The summed E-state index contributed by atoms with van der Waals surface area (Å²) in [7, 11) is 0. The van der Waals surface area contributed by atoms with Gasteiger partial charge in [0, 0.05) is 0 Å². The van der Waals surface area contributed by atoms with Crippen LogP contribution in [0.4, 0.5) is 0 Å². The highest BCUT2D eigenvalue weighted by Gasteiger charge is 2.70. The molecule has 0 amide bonds. The quantitative estimate of drug-likeness (QED) is 0.0794. The molecule has 0 radical (unpaired) electrons. The summed E-state index contributed by atoms with van der Waals surface area (Å²) in [6.07, 6.45) is 8.41. The highest BCUT2D eigenvalue weighted by Crippen LogP contribution is 2.76. The fraction of sp³-hybridized carbons (Fsp3) is 0.559. The van der Waals surface area contributed by atoms with Crippen LogP contribution in [0.15, 0.2) is 115 Å². The number of hydrogen-bond donors (Lipinski definition) is 0. The van der Waals surface area contributed by atoms with Gasteiger partial charge in [0.15, 0.2) is 24.6 Å². The van der Waals surface area contributed by atoms with Crippen LogP contribution in [0.1, 0.15) is 144 Å². The van der Waals surface area contributed by atoms with Gasteiger partial charge < -0.3 is 28.4 Å². The predicted octanol–water partition coefficient (Wildman–Crippen LogP) is 11.9. The van der Waals surface area contributed by atoms with E-state index in [0.717, 1.165) is 64.2 Å². The molecule has 4 saturated carbocycles. The number of ether oxygens (including phenoxy) is 6. The lowest BCUT2D eigenvalue weighted by Crippen LogP contribution is -2.66. The maximum atomic E-state index is 14.1. The first-order chi connectivity index (χ1) is 32.9. The summed E-state index contributed by atoms with van der Waals surface area (Å²) in [6, 6.07) is 25.8. The molecule has 1 heterocycles. The van der Waals surface area contributed by atoms with Crippen molar-refractivity contribution in [2.75, 3.05) is 13.2 Å².